The lowest BCUT2D eigenvalue weighted by atomic mass is 10.2. The number of halogens is 2. The van der Waals surface area contributed by atoms with E-state index in [9.17, 15) is 13.6 Å². The molecule has 0 atom stereocenters. The molecule has 2 aromatic heterocycles. The van der Waals surface area contributed by atoms with Crippen molar-refractivity contribution in [2.45, 2.75) is 17.5 Å². The van der Waals surface area contributed by atoms with Gasteiger partial charge >= 0.3 is 6.61 Å². The van der Waals surface area contributed by atoms with Crippen molar-refractivity contribution in [3.63, 3.8) is 0 Å². The maximum absolute atomic E-state index is 13.3. The lowest BCUT2D eigenvalue weighted by Gasteiger charge is -2.13. The molecule has 0 unspecified atom stereocenters. The standard InChI is InChI=1S/C24H16F2N4O3S/c25-23(26)32-17-12-10-16(11-13-17)30-22(31)18-8-4-5-9-19(18)27-24(30)34-14-20-28-21(29-33-20)15-6-2-1-3-7-15/h1-13,23H,14H2. The monoisotopic (exact) mass is 478 g/mol. The van der Waals surface area contributed by atoms with Gasteiger partial charge in [0, 0.05) is 5.56 Å². The molecule has 0 N–H and O–H groups in total. The van der Waals surface area contributed by atoms with Gasteiger partial charge < -0.3 is 9.26 Å². The average Bonchev–Trinajstić information content (AvgIpc) is 3.33. The summed E-state index contributed by atoms with van der Waals surface area (Å²) >= 11 is 1.25. The normalized spacial score (nSPS) is 11.3. The van der Waals surface area contributed by atoms with Crippen molar-refractivity contribution < 1.29 is 18.0 Å². The molecule has 3 aromatic carbocycles. The molecule has 2 heterocycles. The van der Waals surface area contributed by atoms with Gasteiger partial charge in [0.25, 0.3) is 5.56 Å². The van der Waals surface area contributed by atoms with Gasteiger partial charge in [-0.25, -0.2) is 4.98 Å². The van der Waals surface area contributed by atoms with Crippen molar-refractivity contribution in [3.05, 3.63) is 95.1 Å². The molecule has 0 radical (unpaired) electrons. The largest absolute Gasteiger partial charge is 0.435 e. The fourth-order valence-electron chi connectivity index (χ4n) is 3.36. The molecule has 0 bridgehead atoms. The van der Waals surface area contributed by atoms with Gasteiger partial charge in [-0.15, -0.1) is 0 Å². The SMILES string of the molecule is O=c1c2ccccc2nc(SCc2nc(-c3ccccc3)no2)n1-c1ccc(OC(F)F)cc1. The summed E-state index contributed by atoms with van der Waals surface area (Å²) < 4.78 is 36.2. The van der Waals surface area contributed by atoms with E-state index < -0.39 is 6.61 Å². The average molecular weight is 478 g/mol. The molecule has 10 heteroatoms. The van der Waals surface area contributed by atoms with Gasteiger partial charge in [-0.1, -0.05) is 59.4 Å². The first-order valence-electron chi connectivity index (χ1n) is 10.2. The molecule has 170 valence electrons. The summed E-state index contributed by atoms with van der Waals surface area (Å²) in [4.78, 5) is 22.4. The van der Waals surface area contributed by atoms with Crippen LogP contribution < -0.4 is 10.3 Å². The third-order valence-electron chi connectivity index (χ3n) is 4.89. The van der Waals surface area contributed by atoms with Gasteiger partial charge in [0.05, 0.1) is 22.3 Å². The van der Waals surface area contributed by atoms with E-state index in [1.54, 1.807) is 24.3 Å². The second kappa shape index (κ2) is 9.44. The Morgan fingerprint density at radius 2 is 1.68 bits per heavy atom. The third-order valence-corrected chi connectivity index (χ3v) is 5.81. The minimum absolute atomic E-state index is 0.00551. The molecule has 0 fully saturated rings. The van der Waals surface area contributed by atoms with E-state index in [1.165, 1.54) is 40.6 Å². The molecule has 7 nitrogen and oxygen atoms in total. The van der Waals surface area contributed by atoms with Crippen LogP contribution in [-0.4, -0.2) is 26.3 Å². The van der Waals surface area contributed by atoms with Crippen molar-refractivity contribution in [2.75, 3.05) is 0 Å². The number of hydrogen-bond acceptors (Lipinski definition) is 7. The first kappa shape index (κ1) is 21.8. The van der Waals surface area contributed by atoms with Gasteiger partial charge in [0.2, 0.25) is 11.7 Å². The zero-order valence-corrected chi connectivity index (χ0v) is 18.3. The van der Waals surface area contributed by atoms with Crippen LogP contribution in [0.15, 0.2) is 93.3 Å². The number of para-hydroxylation sites is 1. The summed E-state index contributed by atoms with van der Waals surface area (Å²) in [5.41, 5.74) is 1.54. The Morgan fingerprint density at radius 1 is 0.941 bits per heavy atom. The highest BCUT2D eigenvalue weighted by molar-refractivity contribution is 7.98. The van der Waals surface area contributed by atoms with E-state index >= 15 is 0 Å². The van der Waals surface area contributed by atoms with E-state index in [0.29, 0.717) is 33.5 Å². The molecule has 0 saturated carbocycles. The van der Waals surface area contributed by atoms with Crippen molar-refractivity contribution in [1.29, 1.82) is 0 Å². The van der Waals surface area contributed by atoms with Gasteiger partial charge in [0.1, 0.15) is 5.75 Å². The van der Waals surface area contributed by atoms with Crippen molar-refractivity contribution in [3.8, 4) is 22.8 Å². The van der Waals surface area contributed by atoms with Crippen molar-refractivity contribution in [2.24, 2.45) is 0 Å². The lowest BCUT2D eigenvalue weighted by molar-refractivity contribution is -0.0498. The van der Waals surface area contributed by atoms with Crippen LogP contribution in [0, 0.1) is 0 Å². The minimum atomic E-state index is -2.93. The molecule has 5 aromatic rings. The molecular weight excluding hydrogens is 462 g/mol. The molecule has 0 amide bonds. The Hall–Kier alpha value is -4.05. The summed E-state index contributed by atoms with van der Waals surface area (Å²) in [6, 6.07) is 22.2. The number of alkyl halides is 2. The Labute approximate surface area is 196 Å². The zero-order valence-electron chi connectivity index (χ0n) is 17.5. The van der Waals surface area contributed by atoms with Gasteiger partial charge in [-0.2, -0.15) is 13.8 Å². The molecule has 34 heavy (non-hydrogen) atoms. The van der Waals surface area contributed by atoms with Crippen LogP contribution in [0.4, 0.5) is 8.78 Å². The van der Waals surface area contributed by atoms with Crippen LogP contribution in [-0.2, 0) is 5.75 Å². The maximum atomic E-state index is 13.3. The summed E-state index contributed by atoms with van der Waals surface area (Å²) in [6.45, 7) is -2.93. The topological polar surface area (TPSA) is 83.0 Å². The van der Waals surface area contributed by atoms with Crippen LogP contribution >= 0.6 is 11.8 Å². The lowest BCUT2D eigenvalue weighted by Crippen LogP contribution is -2.21. The van der Waals surface area contributed by atoms with Crippen LogP contribution in [0.25, 0.3) is 28.0 Å². The molecule has 0 aliphatic rings. The number of rotatable bonds is 7. The first-order chi connectivity index (χ1) is 16.6. The highest BCUT2D eigenvalue weighted by atomic mass is 32.2. The van der Waals surface area contributed by atoms with E-state index in [-0.39, 0.29) is 17.1 Å². The molecule has 0 aliphatic carbocycles. The van der Waals surface area contributed by atoms with Gasteiger partial charge in [0.15, 0.2) is 5.16 Å². The van der Waals surface area contributed by atoms with Crippen LogP contribution in [0.1, 0.15) is 5.89 Å². The van der Waals surface area contributed by atoms with E-state index in [4.69, 9.17) is 4.52 Å². The number of ether oxygens (including phenoxy) is 1. The van der Waals surface area contributed by atoms with Crippen molar-refractivity contribution >= 4 is 22.7 Å². The molecule has 0 saturated heterocycles. The minimum Gasteiger partial charge on any atom is -0.435 e. The second-order valence-electron chi connectivity index (χ2n) is 7.09. The second-order valence-corrected chi connectivity index (χ2v) is 8.03. The zero-order chi connectivity index (χ0) is 23.5. The van der Waals surface area contributed by atoms with E-state index in [1.807, 2.05) is 30.3 Å². The smallest absolute Gasteiger partial charge is 0.387 e. The third kappa shape index (κ3) is 4.53. The Kier molecular flexibility index (Phi) is 6.05. The molecular formula is C24H16F2N4O3S. The summed E-state index contributed by atoms with van der Waals surface area (Å²) in [5.74, 6) is 1.11. The number of hydrogen-bond donors (Lipinski definition) is 0. The summed E-state index contributed by atoms with van der Waals surface area (Å²) in [6.07, 6.45) is 0. The number of thioether (sulfide) groups is 1. The quantitative estimate of drug-likeness (QED) is 0.231. The predicted molar refractivity (Wildman–Crippen MR) is 123 cm³/mol. The summed E-state index contributed by atoms with van der Waals surface area (Å²) in [7, 11) is 0. The highest BCUT2D eigenvalue weighted by Crippen LogP contribution is 2.26. The van der Waals surface area contributed by atoms with Crippen LogP contribution in [0.2, 0.25) is 0 Å². The summed E-state index contributed by atoms with van der Waals surface area (Å²) in [5, 5.41) is 4.84. The Bertz CT molecular complexity index is 1490. The van der Waals surface area contributed by atoms with E-state index in [0.717, 1.165) is 5.56 Å². The first-order valence-corrected chi connectivity index (χ1v) is 11.1. The number of fused-ring (bicyclic) bond motifs is 1. The van der Waals surface area contributed by atoms with Gasteiger partial charge in [-0.05, 0) is 36.4 Å². The molecule has 0 aliphatic heterocycles. The number of benzene rings is 3. The van der Waals surface area contributed by atoms with Crippen molar-refractivity contribution in [1.82, 2.24) is 19.7 Å². The number of aromatic nitrogens is 4. The highest BCUT2D eigenvalue weighted by Gasteiger charge is 2.16. The van der Waals surface area contributed by atoms with Gasteiger partial charge in [-0.3, -0.25) is 9.36 Å². The van der Waals surface area contributed by atoms with E-state index in [2.05, 4.69) is 19.9 Å². The fourth-order valence-corrected chi connectivity index (χ4v) is 4.21. The number of nitrogens with zero attached hydrogens (tertiary/aromatic N) is 4. The predicted octanol–water partition coefficient (Wildman–Crippen LogP) is 5.33. The van der Waals surface area contributed by atoms with Crippen LogP contribution in [0.5, 0.6) is 5.75 Å². The maximum Gasteiger partial charge on any atom is 0.387 e. The Morgan fingerprint density at radius 3 is 2.44 bits per heavy atom. The molecule has 5 rings (SSSR count). The Balaban J connectivity index is 1.49. The fraction of sp³-hybridized carbons (Fsp3) is 0.0833. The van der Waals surface area contributed by atoms with Crippen LogP contribution in [0.3, 0.4) is 0 Å². The molecule has 0 spiro atoms.